The summed E-state index contributed by atoms with van der Waals surface area (Å²) in [5.41, 5.74) is 5.75. The molecular weight excluding hydrogens is 230 g/mol. The number of benzene rings is 1. The summed E-state index contributed by atoms with van der Waals surface area (Å²) in [6, 6.07) is 8.85. The first kappa shape index (κ1) is 14.5. The molecule has 0 aliphatic heterocycles. The second kappa shape index (κ2) is 7.71. The van der Waals surface area contributed by atoms with Gasteiger partial charge in [0.05, 0.1) is 0 Å². The third-order valence-electron chi connectivity index (χ3n) is 2.87. The maximum absolute atomic E-state index is 11.6. The van der Waals surface area contributed by atoms with Gasteiger partial charge in [0.2, 0.25) is 0 Å². The highest BCUT2D eigenvalue weighted by atomic mass is 16.6. The molecule has 2 atom stereocenters. The van der Waals surface area contributed by atoms with E-state index in [1.165, 1.54) is 0 Å². The van der Waals surface area contributed by atoms with E-state index in [0.717, 1.165) is 12.2 Å². The number of carbonyl (C=O) groups excluding carboxylic acids is 1. The van der Waals surface area contributed by atoms with Gasteiger partial charge in [0.15, 0.2) is 0 Å². The fourth-order valence-electron chi connectivity index (χ4n) is 1.40. The molecule has 1 aromatic rings. The molecular formula is C14H21NO3. The van der Waals surface area contributed by atoms with Crippen LogP contribution < -0.4 is 10.5 Å². The maximum Gasteiger partial charge on any atom is 0.323 e. The van der Waals surface area contributed by atoms with E-state index in [1.807, 2.05) is 44.2 Å². The lowest BCUT2D eigenvalue weighted by atomic mass is 10.0. The van der Waals surface area contributed by atoms with Crippen molar-refractivity contribution in [3.8, 4) is 5.75 Å². The normalized spacial score (nSPS) is 13.7. The molecule has 0 saturated heterocycles. The Balaban J connectivity index is 2.20. The van der Waals surface area contributed by atoms with Crippen LogP contribution >= 0.6 is 0 Å². The van der Waals surface area contributed by atoms with Crippen LogP contribution in [0.1, 0.15) is 20.3 Å². The van der Waals surface area contributed by atoms with Crippen LogP contribution in [0.5, 0.6) is 5.75 Å². The van der Waals surface area contributed by atoms with E-state index in [0.29, 0.717) is 6.61 Å². The van der Waals surface area contributed by atoms with E-state index in [-0.39, 0.29) is 18.5 Å². The van der Waals surface area contributed by atoms with Crippen LogP contribution in [0.15, 0.2) is 30.3 Å². The van der Waals surface area contributed by atoms with Crippen molar-refractivity contribution in [3.05, 3.63) is 30.3 Å². The number of hydrogen-bond acceptors (Lipinski definition) is 4. The van der Waals surface area contributed by atoms with Crippen LogP contribution in [0.2, 0.25) is 0 Å². The number of esters is 1. The maximum atomic E-state index is 11.6. The molecule has 0 amide bonds. The molecule has 2 N–H and O–H groups in total. The topological polar surface area (TPSA) is 61.6 Å². The standard InChI is InChI=1S/C14H21NO3/c1-3-11(2)13(15)14(16)18-10-9-17-12-7-5-4-6-8-12/h4-8,11,13H,3,9-10,15H2,1-2H3/t11-,13-/m0/s1. The summed E-state index contributed by atoms with van der Waals surface area (Å²) in [5, 5.41) is 0. The summed E-state index contributed by atoms with van der Waals surface area (Å²) in [4.78, 5) is 11.6. The van der Waals surface area contributed by atoms with Gasteiger partial charge >= 0.3 is 5.97 Å². The molecule has 0 heterocycles. The Labute approximate surface area is 108 Å². The first-order valence-electron chi connectivity index (χ1n) is 6.25. The van der Waals surface area contributed by atoms with Gasteiger partial charge in [-0.25, -0.2) is 0 Å². The first-order chi connectivity index (χ1) is 8.65. The SMILES string of the molecule is CC[C@H](C)[C@H](N)C(=O)OCCOc1ccccc1. The Bertz CT molecular complexity index is 353. The predicted molar refractivity (Wildman–Crippen MR) is 70.3 cm³/mol. The number of carbonyl (C=O) groups is 1. The monoisotopic (exact) mass is 251 g/mol. The lowest BCUT2D eigenvalue weighted by Crippen LogP contribution is -2.38. The smallest absolute Gasteiger partial charge is 0.323 e. The summed E-state index contributed by atoms with van der Waals surface area (Å²) >= 11 is 0. The Morgan fingerprint density at radius 3 is 2.56 bits per heavy atom. The van der Waals surface area contributed by atoms with Crippen molar-refractivity contribution in [2.24, 2.45) is 11.7 Å². The molecule has 0 radical (unpaired) electrons. The molecule has 0 fully saturated rings. The van der Waals surface area contributed by atoms with E-state index in [9.17, 15) is 4.79 Å². The van der Waals surface area contributed by atoms with Gasteiger partial charge in [-0.15, -0.1) is 0 Å². The quantitative estimate of drug-likeness (QED) is 0.594. The van der Waals surface area contributed by atoms with E-state index in [1.54, 1.807) is 0 Å². The number of para-hydroxylation sites is 1. The molecule has 0 spiro atoms. The Kier molecular flexibility index (Phi) is 6.22. The van der Waals surface area contributed by atoms with E-state index >= 15 is 0 Å². The summed E-state index contributed by atoms with van der Waals surface area (Å²) in [6.45, 7) is 4.49. The highest BCUT2D eigenvalue weighted by Crippen LogP contribution is 2.08. The lowest BCUT2D eigenvalue weighted by Gasteiger charge is -2.16. The van der Waals surface area contributed by atoms with E-state index in [4.69, 9.17) is 15.2 Å². The van der Waals surface area contributed by atoms with Crippen molar-refractivity contribution < 1.29 is 14.3 Å². The third kappa shape index (κ3) is 4.75. The molecule has 4 nitrogen and oxygen atoms in total. The summed E-state index contributed by atoms with van der Waals surface area (Å²) in [5.74, 6) is 0.535. The Hall–Kier alpha value is -1.55. The molecule has 100 valence electrons. The van der Waals surface area contributed by atoms with Gasteiger partial charge in [-0.1, -0.05) is 38.5 Å². The van der Waals surface area contributed by atoms with Crippen molar-refractivity contribution in [1.82, 2.24) is 0 Å². The zero-order valence-electron chi connectivity index (χ0n) is 11.0. The van der Waals surface area contributed by atoms with Crippen LogP contribution in [0.25, 0.3) is 0 Å². The van der Waals surface area contributed by atoms with Crippen molar-refractivity contribution in [1.29, 1.82) is 0 Å². The van der Waals surface area contributed by atoms with Gasteiger partial charge in [-0.05, 0) is 18.1 Å². The van der Waals surface area contributed by atoms with Crippen molar-refractivity contribution in [2.75, 3.05) is 13.2 Å². The zero-order chi connectivity index (χ0) is 13.4. The van der Waals surface area contributed by atoms with Gasteiger partial charge in [0, 0.05) is 0 Å². The molecule has 0 aliphatic carbocycles. The molecule has 0 aromatic heterocycles. The lowest BCUT2D eigenvalue weighted by molar-refractivity contribution is -0.147. The largest absolute Gasteiger partial charge is 0.490 e. The number of hydrogen-bond donors (Lipinski definition) is 1. The average Bonchev–Trinajstić information content (AvgIpc) is 2.42. The summed E-state index contributed by atoms with van der Waals surface area (Å²) < 4.78 is 10.5. The zero-order valence-corrected chi connectivity index (χ0v) is 11.0. The number of ether oxygens (including phenoxy) is 2. The Morgan fingerprint density at radius 2 is 1.94 bits per heavy atom. The highest BCUT2D eigenvalue weighted by molar-refractivity contribution is 5.75. The van der Waals surface area contributed by atoms with Crippen molar-refractivity contribution in [2.45, 2.75) is 26.3 Å². The predicted octanol–water partition coefficient (Wildman–Crippen LogP) is 1.98. The van der Waals surface area contributed by atoms with Crippen LogP contribution in [-0.2, 0) is 9.53 Å². The summed E-state index contributed by atoms with van der Waals surface area (Å²) in [7, 11) is 0. The third-order valence-corrected chi connectivity index (χ3v) is 2.87. The minimum absolute atomic E-state index is 0.132. The molecule has 0 unspecified atom stereocenters. The van der Waals surface area contributed by atoms with Gasteiger partial charge in [-0.2, -0.15) is 0 Å². The number of rotatable bonds is 7. The molecule has 4 heteroatoms. The Morgan fingerprint density at radius 1 is 1.28 bits per heavy atom. The number of nitrogens with two attached hydrogens (primary N) is 1. The molecule has 18 heavy (non-hydrogen) atoms. The molecule has 1 aromatic carbocycles. The molecule has 1 rings (SSSR count). The fourth-order valence-corrected chi connectivity index (χ4v) is 1.40. The van der Waals surface area contributed by atoms with Crippen molar-refractivity contribution in [3.63, 3.8) is 0 Å². The van der Waals surface area contributed by atoms with E-state index in [2.05, 4.69) is 0 Å². The summed E-state index contributed by atoms with van der Waals surface area (Å²) in [6.07, 6.45) is 0.858. The van der Waals surface area contributed by atoms with Crippen LogP contribution in [0.4, 0.5) is 0 Å². The second-order valence-corrected chi connectivity index (χ2v) is 4.24. The first-order valence-corrected chi connectivity index (χ1v) is 6.25. The van der Waals surface area contributed by atoms with Gasteiger partial charge < -0.3 is 15.2 Å². The van der Waals surface area contributed by atoms with Crippen LogP contribution in [0, 0.1) is 5.92 Å². The van der Waals surface area contributed by atoms with Crippen LogP contribution in [-0.4, -0.2) is 25.2 Å². The minimum atomic E-state index is -0.549. The minimum Gasteiger partial charge on any atom is -0.490 e. The fraction of sp³-hybridized carbons (Fsp3) is 0.500. The highest BCUT2D eigenvalue weighted by Gasteiger charge is 2.20. The van der Waals surface area contributed by atoms with Gasteiger partial charge in [0.1, 0.15) is 25.0 Å². The molecule has 0 saturated carbocycles. The van der Waals surface area contributed by atoms with Crippen molar-refractivity contribution >= 4 is 5.97 Å². The molecule has 0 bridgehead atoms. The van der Waals surface area contributed by atoms with Gasteiger partial charge in [0.25, 0.3) is 0 Å². The molecule has 0 aliphatic rings. The second-order valence-electron chi connectivity index (χ2n) is 4.24. The van der Waals surface area contributed by atoms with Gasteiger partial charge in [-0.3, -0.25) is 4.79 Å². The van der Waals surface area contributed by atoms with Crippen LogP contribution in [0.3, 0.4) is 0 Å². The average molecular weight is 251 g/mol. The van der Waals surface area contributed by atoms with E-state index < -0.39 is 6.04 Å².